The third-order valence-electron chi connectivity index (χ3n) is 5.04. The molecular formula is C25H21F3N4OS. The van der Waals surface area contributed by atoms with Gasteiger partial charge in [0.1, 0.15) is 0 Å². The molecule has 3 aromatic carbocycles. The summed E-state index contributed by atoms with van der Waals surface area (Å²) in [6.07, 6.45) is -4.48. The van der Waals surface area contributed by atoms with Crippen LogP contribution >= 0.6 is 11.8 Å². The van der Waals surface area contributed by atoms with E-state index < -0.39 is 17.6 Å². The molecule has 0 atom stereocenters. The summed E-state index contributed by atoms with van der Waals surface area (Å²) in [6.45, 7) is 3.99. The van der Waals surface area contributed by atoms with Crippen molar-refractivity contribution < 1.29 is 18.0 Å². The highest BCUT2D eigenvalue weighted by molar-refractivity contribution is 7.99. The van der Waals surface area contributed by atoms with Gasteiger partial charge in [-0.05, 0) is 44.2 Å². The average Bonchev–Trinajstić information content (AvgIpc) is 3.22. The number of aryl methyl sites for hydroxylation is 2. The van der Waals surface area contributed by atoms with Gasteiger partial charge in [0.25, 0.3) is 0 Å². The van der Waals surface area contributed by atoms with Crippen LogP contribution in [0.15, 0.2) is 78.0 Å². The lowest BCUT2D eigenvalue weighted by Gasteiger charge is -2.12. The third-order valence-corrected chi connectivity index (χ3v) is 5.97. The topological polar surface area (TPSA) is 59.8 Å². The highest BCUT2D eigenvalue weighted by Crippen LogP contribution is 2.31. The fourth-order valence-electron chi connectivity index (χ4n) is 3.28. The van der Waals surface area contributed by atoms with Crippen LogP contribution in [-0.4, -0.2) is 26.4 Å². The van der Waals surface area contributed by atoms with Gasteiger partial charge in [0.15, 0.2) is 11.0 Å². The van der Waals surface area contributed by atoms with Gasteiger partial charge in [-0.3, -0.25) is 9.36 Å². The summed E-state index contributed by atoms with van der Waals surface area (Å²) in [7, 11) is 0. The lowest BCUT2D eigenvalue weighted by Crippen LogP contribution is -2.15. The van der Waals surface area contributed by atoms with Crippen LogP contribution in [0.1, 0.15) is 16.7 Å². The van der Waals surface area contributed by atoms with E-state index in [0.29, 0.717) is 11.0 Å². The molecule has 34 heavy (non-hydrogen) atoms. The number of alkyl halides is 3. The number of aromatic nitrogens is 3. The van der Waals surface area contributed by atoms with E-state index >= 15 is 0 Å². The van der Waals surface area contributed by atoms with Gasteiger partial charge in [-0.15, -0.1) is 10.2 Å². The van der Waals surface area contributed by atoms with Gasteiger partial charge < -0.3 is 5.32 Å². The predicted molar refractivity (Wildman–Crippen MR) is 127 cm³/mol. The molecule has 4 rings (SSSR count). The number of thioether (sulfide) groups is 1. The second-order valence-electron chi connectivity index (χ2n) is 7.76. The van der Waals surface area contributed by atoms with Gasteiger partial charge >= 0.3 is 6.18 Å². The van der Waals surface area contributed by atoms with Gasteiger partial charge in [-0.2, -0.15) is 13.2 Å². The lowest BCUT2D eigenvalue weighted by molar-refractivity contribution is -0.137. The van der Waals surface area contributed by atoms with E-state index in [1.54, 1.807) is 0 Å². The molecule has 1 aromatic heterocycles. The number of hydrogen-bond acceptors (Lipinski definition) is 4. The zero-order chi connectivity index (χ0) is 24.3. The van der Waals surface area contributed by atoms with Crippen molar-refractivity contribution in [2.75, 3.05) is 11.1 Å². The van der Waals surface area contributed by atoms with Crippen molar-refractivity contribution in [3.8, 4) is 17.1 Å². The molecule has 0 aliphatic carbocycles. The Bertz CT molecular complexity index is 1300. The SMILES string of the molecule is Cc1ccc(-c2nnc(SCC(=O)Nc3cccc(C(F)(F)F)c3)n2-c2ccc(C)cc2)cc1. The fraction of sp³-hybridized carbons (Fsp3) is 0.160. The number of nitrogens with one attached hydrogen (secondary N) is 1. The second kappa shape index (κ2) is 9.72. The van der Waals surface area contributed by atoms with Gasteiger partial charge in [0.2, 0.25) is 5.91 Å². The predicted octanol–water partition coefficient (Wildman–Crippen LogP) is 6.30. The Labute approximate surface area is 199 Å². The van der Waals surface area contributed by atoms with Gasteiger partial charge in [0.05, 0.1) is 11.3 Å². The smallest absolute Gasteiger partial charge is 0.325 e. The Kier molecular flexibility index (Phi) is 6.74. The third kappa shape index (κ3) is 5.48. The zero-order valence-electron chi connectivity index (χ0n) is 18.4. The minimum Gasteiger partial charge on any atom is -0.325 e. The number of hydrogen-bond donors (Lipinski definition) is 1. The number of benzene rings is 3. The minimum absolute atomic E-state index is 0.0475. The molecule has 9 heteroatoms. The van der Waals surface area contributed by atoms with E-state index in [9.17, 15) is 18.0 Å². The van der Waals surface area contributed by atoms with Crippen molar-refractivity contribution in [3.05, 3.63) is 89.5 Å². The van der Waals surface area contributed by atoms with Crippen LogP contribution in [0.4, 0.5) is 18.9 Å². The van der Waals surface area contributed by atoms with Gasteiger partial charge in [0, 0.05) is 16.9 Å². The highest BCUT2D eigenvalue weighted by Gasteiger charge is 2.30. The van der Waals surface area contributed by atoms with Crippen LogP contribution in [0.5, 0.6) is 0 Å². The highest BCUT2D eigenvalue weighted by atomic mass is 32.2. The molecule has 0 fully saturated rings. The van der Waals surface area contributed by atoms with E-state index in [0.717, 1.165) is 46.3 Å². The quantitative estimate of drug-likeness (QED) is 0.328. The number of anilines is 1. The van der Waals surface area contributed by atoms with Crippen molar-refractivity contribution >= 4 is 23.4 Å². The molecule has 0 spiro atoms. The molecule has 0 aliphatic rings. The first-order chi connectivity index (χ1) is 16.2. The number of halogens is 3. The molecule has 1 N–H and O–H groups in total. The Hall–Kier alpha value is -3.59. The number of carbonyl (C=O) groups is 1. The Balaban J connectivity index is 1.57. The molecule has 0 saturated carbocycles. The molecule has 0 radical (unpaired) electrons. The summed E-state index contributed by atoms with van der Waals surface area (Å²) in [5.41, 5.74) is 3.20. The summed E-state index contributed by atoms with van der Waals surface area (Å²) >= 11 is 1.16. The second-order valence-corrected chi connectivity index (χ2v) is 8.70. The Morgan fingerprint density at radius 3 is 2.24 bits per heavy atom. The summed E-state index contributed by atoms with van der Waals surface area (Å²) in [4.78, 5) is 12.5. The summed E-state index contributed by atoms with van der Waals surface area (Å²) < 4.78 is 40.7. The van der Waals surface area contributed by atoms with E-state index in [-0.39, 0.29) is 11.4 Å². The van der Waals surface area contributed by atoms with Crippen LogP contribution in [0.25, 0.3) is 17.1 Å². The first kappa shape index (κ1) is 23.6. The molecule has 0 aliphatic heterocycles. The van der Waals surface area contributed by atoms with Crippen molar-refractivity contribution in [2.24, 2.45) is 0 Å². The van der Waals surface area contributed by atoms with Crippen molar-refractivity contribution in [3.63, 3.8) is 0 Å². The van der Waals surface area contributed by atoms with E-state index in [2.05, 4.69) is 15.5 Å². The minimum atomic E-state index is -4.48. The number of nitrogens with zero attached hydrogens (tertiary/aromatic N) is 3. The van der Waals surface area contributed by atoms with Gasteiger partial charge in [-0.25, -0.2) is 0 Å². The first-order valence-corrected chi connectivity index (χ1v) is 11.4. The summed E-state index contributed by atoms with van der Waals surface area (Å²) in [5, 5.41) is 11.7. The van der Waals surface area contributed by atoms with Crippen LogP contribution in [0, 0.1) is 13.8 Å². The molecule has 174 valence electrons. The van der Waals surface area contributed by atoms with Crippen molar-refractivity contribution in [1.82, 2.24) is 14.8 Å². The Morgan fingerprint density at radius 2 is 1.59 bits per heavy atom. The fourth-order valence-corrected chi connectivity index (χ4v) is 4.03. The molecule has 5 nitrogen and oxygen atoms in total. The zero-order valence-corrected chi connectivity index (χ0v) is 19.2. The number of amides is 1. The lowest BCUT2D eigenvalue weighted by atomic mass is 10.1. The molecule has 1 amide bonds. The van der Waals surface area contributed by atoms with Crippen LogP contribution in [0.2, 0.25) is 0 Å². The summed E-state index contributed by atoms with van der Waals surface area (Å²) in [5.74, 6) is 0.137. The number of rotatable bonds is 6. The van der Waals surface area contributed by atoms with Crippen molar-refractivity contribution in [2.45, 2.75) is 25.2 Å². The maximum atomic E-state index is 12.9. The molecular weight excluding hydrogens is 461 g/mol. The molecule has 0 bridgehead atoms. The van der Waals surface area contributed by atoms with Crippen LogP contribution < -0.4 is 5.32 Å². The monoisotopic (exact) mass is 482 g/mol. The first-order valence-electron chi connectivity index (χ1n) is 10.4. The normalized spacial score (nSPS) is 11.4. The molecule has 0 saturated heterocycles. The average molecular weight is 483 g/mol. The standard InChI is InChI=1S/C25H21F3N4OS/c1-16-6-10-18(11-7-16)23-30-31-24(32(23)21-12-8-17(2)9-13-21)34-15-22(33)29-20-5-3-4-19(14-20)25(26,27)28/h3-14H,15H2,1-2H3,(H,29,33). The molecule has 1 heterocycles. The van der Waals surface area contributed by atoms with E-state index in [4.69, 9.17) is 0 Å². The van der Waals surface area contributed by atoms with Crippen LogP contribution in [-0.2, 0) is 11.0 Å². The molecule has 4 aromatic rings. The maximum Gasteiger partial charge on any atom is 0.416 e. The molecule has 0 unspecified atom stereocenters. The Morgan fingerprint density at radius 1 is 0.941 bits per heavy atom. The van der Waals surface area contributed by atoms with Crippen molar-refractivity contribution in [1.29, 1.82) is 0 Å². The van der Waals surface area contributed by atoms with E-state index in [1.807, 2.05) is 66.9 Å². The maximum absolute atomic E-state index is 12.9. The largest absolute Gasteiger partial charge is 0.416 e. The van der Waals surface area contributed by atoms with Crippen LogP contribution in [0.3, 0.4) is 0 Å². The summed E-state index contributed by atoms with van der Waals surface area (Å²) in [6, 6.07) is 20.3. The van der Waals surface area contributed by atoms with E-state index in [1.165, 1.54) is 12.1 Å². The van der Waals surface area contributed by atoms with Gasteiger partial charge in [-0.1, -0.05) is 65.4 Å². The number of carbonyl (C=O) groups excluding carboxylic acids is 1.